The topological polar surface area (TPSA) is 80.0 Å². The lowest BCUT2D eigenvalue weighted by Crippen LogP contribution is -2.19. The second kappa shape index (κ2) is 5.94. The Bertz CT molecular complexity index is 583. The summed E-state index contributed by atoms with van der Waals surface area (Å²) in [6, 6.07) is 7.31. The van der Waals surface area contributed by atoms with Crippen molar-refractivity contribution in [1.29, 1.82) is 0 Å². The number of anilines is 1. The van der Waals surface area contributed by atoms with Crippen molar-refractivity contribution in [3.63, 3.8) is 0 Å². The maximum Gasteiger partial charge on any atom is 0.246 e. The molecular weight excluding hydrogens is 312 g/mol. The van der Waals surface area contributed by atoms with Crippen molar-refractivity contribution in [1.82, 2.24) is 15.0 Å². The fourth-order valence-electron chi connectivity index (χ4n) is 1.50. The number of hydrogen-bond donors (Lipinski definition) is 2. The monoisotopic (exact) mass is 324 g/mol. The zero-order valence-electron chi connectivity index (χ0n) is 10.2. The van der Waals surface area contributed by atoms with Gasteiger partial charge in [-0.3, -0.25) is 4.79 Å². The molecule has 0 aliphatic carbocycles. The van der Waals surface area contributed by atoms with E-state index in [1.165, 1.54) is 4.68 Å². The number of aliphatic hydroxyl groups excluding tert-OH is 1. The molecule has 0 radical (unpaired) electrons. The summed E-state index contributed by atoms with van der Waals surface area (Å²) in [7, 11) is 0. The van der Waals surface area contributed by atoms with Gasteiger partial charge in [0.2, 0.25) is 5.91 Å². The summed E-state index contributed by atoms with van der Waals surface area (Å²) in [6.07, 6.45) is 0.854. The summed E-state index contributed by atoms with van der Waals surface area (Å²) >= 11 is 3.33. The second-order valence-corrected chi connectivity index (χ2v) is 4.99. The number of nitrogens with zero attached hydrogens (tertiary/aromatic N) is 3. The van der Waals surface area contributed by atoms with E-state index in [0.717, 1.165) is 4.47 Å². The number of nitrogens with one attached hydrogen (secondary N) is 1. The zero-order chi connectivity index (χ0) is 13.8. The Morgan fingerprint density at radius 2 is 2.37 bits per heavy atom. The van der Waals surface area contributed by atoms with Crippen molar-refractivity contribution in [2.24, 2.45) is 0 Å². The first-order chi connectivity index (χ1) is 9.04. The molecule has 0 saturated carbocycles. The number of rotatable bonds is 4. The highest BCUT2D eigenvalue weighted by Gasteiger charge is 2.09. The van der Waals surface area contributed by atoms with E-state index in [0.29, 0.717) is 11.4 Å². The average molecular weight is 325 g/mol. The van der Waals surface area contributed by atoms with Gasteiger partial charge < -0.3 is 10.4 Å². The van der Waals surface area contributed by atoms with Gasteiger partial charge >= 0.3 is 0 Å². The molecule has 2 rings (SSSR count). The maximum absolute atomic E-state index is 11.8. The Labute approximate surface area is 118 Å². The second-order valence-electron chi connectivity index (χ2n) is 4.08. The number of aliphatic hydroxyl groups is 1. The van der Waals surface area contributed by atoms with Crippen LogP contribution in [-0.2, 0) is 11.3 Å². The molecule has 6 nitrogen and oxygen atoms in total. The van der Waals surface area contributed by atoms with Crippen LogP contribution in [-0.4, -0.2) is 26.0 Å². The lowest BCUT2D eigenvalue weighted by molar-refractivity contribution is -0.116. The molecule has 2 aromatic rings. The van der Waals surface area contributed by atoms with Crippen molar-refractivity contribution < 1.29 is 9.90 Å². The van der Waals surface area contributed by atoms with Gasteiger partial charge in [-0.05, 0) is 25.1 Å². The molecule has 100 valence electrons. The molecular formula is C12H13BrN4O2. The van der Waals surface area contributed by atoms with Crippen molar-refractivity contribution in [3.8, 4) is 0 Å². The third kappa shape index (κ3) is 3.87. The molecule has 1 aromatic carbocycles. The molecule has 0 bridgehead atoms. The van der Waals surface area contributed by atoms with Gasteiger partial charge in [0, 0.05) is 10.2 Å². The molecule has 0 spiro atoms. The minimum Gasteiger partial charge on any atom is -0.387 e. The van der Waals surface area contributed by atoms with Crippen LogP contribution in [0, 0.1) is 0 Å². The summed E-state index contributed by atoms with van der Waals surface area (Å²) in [5, 5.41) is 19.6. The Balaban J connectivity index is 1.97. The fraction of sp³-hybridized carbons (Fsp3) is 0.250. The summed E-state index contributed by atoms with van der Waals surface area (Å²) in [6.45, 7) is 1.64. The number of benzene rings is 1. The number of carbonyl (C=O) groups is 1. The van der Waals surface area contributed by atoms with Gasteiger partial charge in [0.1, 0.15) is 12.2 Å². The van der Waals surface area contributed by atoms with Gasteiger partial charge in [0.25, 0.3) is 0 Å². The van der Waals surface area contributed by atoms with Crippen molar-refractivity contribution in [3.05, 3.63) is 40.6 Å². The van der Waals surface area contributed by atoms with E-state index < -0.39 is 6.10 Å². The Morgan fingerprint density at radius 3 is 3.00 bits per heavy atom. The summed E-state index contributed by atoms with van der Waals surface area (Å²) < 4.78 is 2.28. The van der Waals surface area contributed by atoms with Crippen LogP contribution in [0.1, 0.15) is 18.7 Å². The zero-order valence-corrected chi connectivity index (χ0v) is 11.8. The fourth-order valence-corrected chi connectivity index (χ4v) is 1.90. The van der Waals surface area contributed by atoms with Gasteiger partial charge in [0.15, 0.2) is 0 Å². The summed E-state index contributed by atoms with van der Waals surface area (Å²) in [5.41, 5.74) is 1.14. The first kappa shape index (κ1) is 13.7. The number of halogens is 1. The van der Waals surface area contributed by atoms with Crippen molar-refractivity contribution in [2.45, 2.75) is 19.6 Å². The van der Waals surface area contributed by atoms with Gasteiger partial charge in [-0.2, -0.15) is 0 Å². The predicted molar refractivity (Wildman–Crippen MR) is 73.4 cm³/mol. The minimum absolute atomic E-state index is 0.0479. The molecule has 1 heterocycles. The molecule has 1 amide bonds. The lowest BCUT2D eigenvalue weighted by Gasteiger charge is -2.05. The van der Waals surface area contributed by atoms with Crippen LogP contribution < -0.4 is 5.32 Å². The van der Waals surface area contributed by atoms with Crippen LogP contribution in [0.5, 0.6) is 0 Å². The number of carbonyl (C=O) groups excluding carboxylic acids is 1. The standard InChI is InChI=1S/C12H13BrN4O2/c1-8(18)11-6-17(16-15-11)7-12(19)14-10-4-2-3-9(13)5-10/h2-6,8,18H,7H2,1H3,(H,14,19). The maximum atomic E-state index is 11.8. The number of amides is 1. The third-order valence-electron chi connectivity index (χ3n) is 2.40. The number of aromatic nitrogens is 3. The van der Waals surface area contributed by atoms with E-state index >= 15 is 0 Å². The van der Waals surface area contributed by atoms with E-state index in [4.69, 9.17) is 0 Å². The molecule has 0 saturated heterocycles. The predicted octanol–water partition coefficient (Wildman–Crippen LogP) is 1.73. The largest absolute Gasteiger partial charge is 0.387 e. The molecule has 2 N–H and O–H groups in total. The van der Waals surface area contributed by atoms with Gasteiger partial charge in [-0.25, -0.2) is 4.68 Å². The Morgan fingerprint density at radius 1 is 1.58 bits per heavy atom. The highest BCUT2D eigenvalue weighted by Crippen LogP contribution is 2.15. The van der Waals surface area contributed by atoms with Gasteiger partial charge in [-0.15, -0.1) is 5.10 Å². The smallest absolute Gasteiger partial charge is 0.246 e. The molecule has 7 heteroatoms. The molecule has 0 fully saturated rings. The van der Waals surface area contributed by atoms with Crippen molar-refractivity contribution >= 4 is 27.5 Å². The molecule has 19 heavy (non-hydrogen) atoms. The highest BCUT2D eigenvalue weighted by molar-refractivity contribution is 9.10. The quantitative estimate of drug-likeness (QED) is 0.897. The van der Waals surface area contributed by atoms with E-state index in [-0.39, 0.29) is 12.5 Å². The number of hydrogen-bond acceptors (Lipinski definition) is 4. The third-order valence-corrected chi connectivity index (χ3v) is 2.89. The molecule has 1 atom stereocenters. The van der Waals surface area contributed by atoms with Crippen LogP contribution in [0.2, 0.25) is 0 Å². The molecule has 1 aromatic heterocycles. The van der Waals surface area contributed by atoms with Crippen LogP contribution in [0.15, 0.2) is 34.9 Å². The van der Waals surface area contributed by atoms with Crippen LogP contribution >= 0.6 is 15.9 Å². The van der Waals surface area contributed by atoms with Crippen molar-refractivity contribution in [2.75, 3.05) is 5.32 Å². The lowest BCUT2D eigenvalue weighted by atomic mass is 10.3. The normalized spacial score (nSPS) is 12.2. The first-order valence-corrected chi connectivity index (χ1v) is 6.47. The van der Waals surface area contributed by atoms with E-state index in [9.17, 15) is 9.90 Å². The highest BCUT2D eigenvalue weighted by atomic mass is 79.9. The first-order valence-electron chi connectivity index (χ1n) is 5.68. The van der Waals surface area contributed by atoms with Crippen LogP contribution in [0.3, 0.4) is 0 Å². The molecule has 0 aliphatic rings. The summed E-state index contributed by atoms with van der Waals surface area (Å²) in [5.74, 6) is -0.208. The molecule has 0 aliphatic heterocycles. The van der Waals surface area contributed by atoms with Gasteiger partial charge in [-0.1, -0.05) is 27.2 Å². The van der Waals surface area contributed by atoms with E-state index in [2.05, 4.69) is 31.6 Å². The Hall–Kier alpha value is -1.73. The SMILES string of the molecule is CC(O)c1cn(CC(=O)Nc2cccc(Br)c2)nn1. The minimum atomic E-state index is -0.693. The van der Waals surface area contributed by atoms with E-state index in [1.807, 2.05) is 12.1 Å². The summed E-state index contributed by atoms with van der Waals surface area (Å²) in [4.78, 5) is 11.8. The van der Waals surface area contributed by atoms with E-state index in [1.54, 1.807) is 25.3 Å². The van der Waals surface area contributed by atoms with Crippen LogP contribution in [0.25, 0.3) is 0 Å². The van der Waals surface area contributed by atoms with Crippen LogP contribution in [0.4, 0.5) is 5.69 Å². The average Bonchev–Trinajstić information content (AvgIpc) is 2.77. The van der Waals surface area contributed by atoms with Gasteiger partial charge in [0.05, 0.1) is 12.3 Å². The molecule has 1 unspecified atom stereocenters. The Kier molecular flexibility index (Phi) is 4.28.